The van der Waals surface area contributed by atoms with E-state index in [0.29, 0.717) is 24.3 Å². The molecule has 0 aromatic heterocycles. The minimum absolute atomic E-state index is 0.252. The molecule has 6 nitrogen and oxygen atoms in total. The van der Waals surface area contributed by atoms with E-state index in [9.17, 15) is 9.59 Å². The fraction of sp³-hybridized carbons (Fsp3) is 0.385. The number of carbonyl (C=O) groups is 2. The number of urea groups is 1. The lowest BCUT2D eigenvalue weighted by Gasteiger charge is -2.30. The summed E-state index contributed by atoms with van der Waals surface area (Å²) in [5.41, 5.74) is 4.19. The smallest absolute Gasteiger partial charge is 0.338 e. The zero-order valence-corrected chi connectivity index (χ0v) is 19.2. The van der Waals surface area contributed by atoms with Crippen molar-refractivity contribution >= 4 is 12.0 Å². The quantitative estimate of drug-likeness (QED) is 0.521. The van der Waals surface area contributed by atoms with E-state index in [2.05, 4.69) is 36.6 Å². The summed E-state index contributed by atoms with van der Waals surface area (Å²) in [4.78, 5) is 25.3. The van der Waals surface area contributed by atoms with Gasteiger partial charge in [-0.2, -0.15) is 0 Å². The first kappa shape index (κ1) is 23.4. The molecule has 2 N–H and O–H groups in total. The van der Waals surface area contributed by atoms with Crippen molar-refractivity contribution in [1.82, 2.24) is 10.6 Å². The molecule has 0 aliphatic carbocycles. The van der Waals surface area contributed by atoms with Gasteiger partial charge in [-0.25, -0.2) is 9.59 Å². The predicted molar refractivity (Wildman–Crippen MR) is 124 cm³/mol. The average Bonchev–Trinajstić information content (AvgIpc) is 2.76. The van der Waals surface area contributed by atoms with Crippen molar-refractivity contribution in [3.8, 4) is 5.75 Å². The lowest BCUT2D eigenvalue weighted by atomic mass is 9.93. The number of nitrogens with one attached hydrogen (secondary N) is 2. The Hall–Kier alpha value is -3.28. The van der Waals surface area contributed by atoms with Crippen LogP contribution in [0.1, 0.15) is 62.8 Å². The fourth-order valence-electron chi connectivity index (χ4n) is 3.54. The molecule has 1 atom stereocenters. The van der Waals surface area contributed by atoms with Crippen LogP contribution in [0.4, 0.5) is 4.79 Å². The van der Waals surface area contributed by atoms with Gasteiger partial charge in [-0.3, -0.25) is 0 Å². The van der Waals surface area contributed by atoms with Crippen LogP contribution in [0.15, 0.2) is 59.8 Å². The predicted octanol–water partition coefficient (Wildman–Crippen LogP) is 5.32. The van der Waals surface area contributed by atoms with Gasteiger partial charge in [-0.15, -0.1) is 0 Å². The van der Waals surface area contributed by atoms with Gasteiger partial charge in [0.1, 0.15) is 12.4 Å². The maximum Gasteiger partial charge on any atom is 0.338 e. The van der Waals surface area contributed by atoms with Gasteiger partial charge >= 0.3 is 12.0 Å². The van der Waals surface area contributed by atoms with Gasteiger partial charge in [0.05, 0.1) is 17.7 Å². The van der Waals surface area contributed by atoms with E-state index in [-0.39, 0.29) is 12.1 Å². The topological polar surface area (TPSA) is 76.7 Å². The molecule has 2 amide bonds. The first-order valence-corrected chi connectivity index (χ1v) is 11.2. The molecular formula is C26H32N2O4. The second-order valence-electron chi connectivity index (χ2n) is 8.32. The van der Waals surface area contributed by atoms with Gasteiger partial charge in [-0.1, -0.05) is 55.3 Å². The van der Waals surface area contributed by atoms with E-state index in [1.165, 1.54) is 5.56 Å². The standard InChI is InChI=1S/C26H32N2O4/c1-5-6-7-22-23(25(29)32-17(2)3)24(28-26(30)27-22)20-12-14-21(15-13-20)31-16-19-10-8-18(4)9-11-19/h8-15,17,24H,5-7,16H2,1-4H3,(H2,27,28,30). The molecule has 1 aliphatic rings. The number of unbranched alkanes of at least 4 members (excludes halogenated alkanes) is 1. The maximum absolute atomic E-state index is 12.9. The number of benzene rings is 2. The molecular weight excluding hydrogens is 404 g/mol. The molecule has 0 spiro atoms. The molecule has 2 aromatic rings. The minimum atomic E-state index is -0.576. The first-order valence-electron chi connectivity index (χ1n) is 11.2. The summed E-state index contributed by atoms with van der Waals surface area (Å²) < 4.78 is 11.4. The Bertz CT molecular complexity index is 962. The highest BCUT2D eigenvalue weighted by Crippen LogP contribution is 2.31. The molecule has 0 bridgehead atoms. The number of allylic oxidation sites excluding steroid dienone is 1. The summed E-state index contributed by atoms with van der Waals surface area (Å²) >= 11 is 0. The summed E-state index contributed by atoms with van der Waals surface area (Å²) in [5, 5.41) is 5.69. The highest BCUT2D eigenvalue weighted by molar-refractivity contribution is 5.95. The monoisotopic (exact) mass is 436 g/mol. The molecule has 0 saturated heterocycles. The molecule has 6 heteroatoms. The molecule has 0 fully saturated rings. The van der Waals surface area contributed by atoms with E-state index < -0.39 is 12.0 Å². The largest absolute Gasteiger partial charge is 0.489 e. The molecule has 1 unspecified atom stereocenters. The van der Waals surface area contributed by atoms with Crippen LogP contribution in [0.25, 0.3) is 0 Å². The van der Waals surface area contributed by atoms with Gasteiger partial charge in [-0.05, 0) is 56.9 Å². The molecule has 32 heavy (non-hydrogen) atoms. The van der Waals surface area contributed by atoms with E-state index in [0.717, 1.165) is 29.7 Å². The highest BCUT2D eigenvalue weighted by atomic mass is 16.5. The Morgan fingerprint density at radius 2 is 1.75 bits per heavy atom. The van der Waals surface area contributed by atoms with E-state index in [1.54, 1.807) is 0 Å². The SMILES string of the molecule is CCCCC1=C(C(=O)OC(C)C)C(c2ccc(OCc3ccc(C)cc3)cc2)NC(=O)N1. The number of amides is 2. The lowest BCUT2D eigenvalue weighted by Crippen LogP contribution is -2.46. The van der Waals surface area contributed by atoms with Crippen LogP contribution < -0.4 is 15.4 Å². The molecule has 2 aromatic carbocycles. The van der Waals surface area contributed by atoms with Gasteiger partial charge in [0.25, 0.3) is 0 Å². The molecule has 0 saturated carbocycles. The maximum atomic E-state index is 12.9. The Morgan fingerprint density at radius 3 is 2.38 bits per heavy atom. The Kier molecular flexibility index (Phi) is 7.92. The van der Waals surface area contributed by atoms with Crippen molar-refractivity contribution in [3.05, 3.63) is 76.5 Å². The number of carbonyl (C=O) groups excluding carboxylic acids is 2. The zero-order valence-electron chi connectivity index (χ0n) is 19.2. The van der Waals surface area contributed by atoms with E-state index >= 15 is 0 Å². The summed E-state index contributed by atoms with van der Waals surface area (Å²) in [5.74, 6) is 0.305. The normalized spacial score (nSPS) is 15.9. The van der Waals surface area contributed by atoms with Gasteiger partial charge in [0.2, 0.25) is 0 Å². The van der Waals surface area contributed by atoms with Gasteiger partial charge in [0.15, 0.2) is 0 Å². The third-order valence-electron chi connectivity index (χ3n) is 5.24. The fourth-order valence-corrected chi connectivity index (χ4v) is 3.54. The van der Waals surface area contributed by atoms with Crippen LogP contribution in [-0.2, 0) is 16.1 Å². The van der Waals surface area contributed by atoms with Crippen LogP contribution >= 0.6 is 0 Å². The van der Waals surface area contributed by atoms with Crippen molar-refractivity contribution < 1.29 is 19.1 Å². The number of ether oxygens (including phenoxy) is 2. The molecule has 1 heterocycles. The Balaban J connectivity index is 1.81. The number of hydrogen-bond acceptors (Lipinski definition) is 4. The second-order valence-corrected chi connectivity index (χ2v) is 8.32. The minimum Gasteiger partial charge on any atom is -0.489 e. The molecule has 1 aliphatic heterocycles. The Labute approximate surface area is 190 Å². The zero-order chi connectivity index (χ0) is 23.1. The third-order valence-corrected chi connectivity index (χ3v) is 5.24. The lowest BCUT2D eigenvalue weighted by molar-refractivity contribution is -0.143. The van der Waals surface area contributed by atoms with Crippen LogP contribution in [0, 0.1) is 6.92 Å². The summed E-state index contributed by atoms with van der Waals surface area (Å²) in [6.07, 6.45) is 2.18. The number of esters is 1. The van der Waals surface area contributed by atoms with Crippen molar-refractivity contribution in [1.29, 1.82) is 0 Å². The number of rotatable bonds is 9. The van der Waals surface area contributed by atoms with Crippen LogP contribution in [0.5, 0.6) is 5.75 Å². The van der Waals surface area contributed by atoms with Crippen LogP contribution in [0.3, 0.4) is 0 Å². The van der Waals surface area contributed by atoms with Crippen molar-refractivity contribution in [2.45, 2.75) is 65.7 Å². The first-order chi connectivity index (χ1) is 15.4. The molecule has 170 valence electrons. The molecule has 0 radical (unpaired) electrons. The summed E-state index contributed by atoms with van der Waals surface area (Å²) in [6, 6.07) is 14.8. The summed E-state index contributed by atoms with van der Waals surface area (Å²) in [7, 11) is 0. The van der Waals surface area contributed by atoms with E-state index in [4.69, 9.17) is 9.47 Å². The van der Waals surface area contributed by atoms with Crippen molar-refractivity contribution in [3.63, 3.8) is 0 Å². The average molecular weight is 437 g/mol. The van der Waals surface area contributed by atoms with Crippen LogP contribution in [0.2, 0.25) is 0 Å². The van der Waals surface area contributed by atoms with Crippen molar-refractivity contribution in [2.75, 3.05) is 0 Å². The van der Waals surface area contributed by atoms with Crippen LogP contribution in [-0.4, -0.2) is 18.1 Å². The third kappa shape index (κ3) is 6.13. The number of aryl methyl sites for hydroxylation is 1. The van der Waals surface area contributed by atoms with Gasteiger partial charge < -0.3 is 20.1 Å². The van der Waals surface area contributed by atoms with Gasteiger partial charge in [0, 0.05) is 5.70 Å². The highest BCUT2D eigenvalue weighted by Gasteiger charge is 2.33. The summed E-state index contributed by atoms with van der Waals surface area (Å²) in [6.45, 7) is 8.22. The van der Waals surface area contributed by atoms with E-state index in [1.807, 2.05) is 50.2 Å². The van der Waals surface area contributed by atoms with Crippen molar-refractivity contribution in [2.24, 2.45) is 0 Å². The number of hydrogen-bond donors (Lipinski definition) is 2. The Morgan fingerprint density at radius 1 is 1.06 bits per heavy atom. The second kappa shape index (κ2) is 10.8. The molecule has 3 rings (SSSR count).